The third kappa shape index (κ3) is 6.36. The molecule has 4 rings (SSSR count). The fourth-order valence-corrected chi connectivity index (χ4v) is 4.85. The number of rotatable bonds is 9. The summed E-state index contributed by atoms with van der Waals surface area (Å²) in [5.41, 5.74) is 1.45. The monoisotopic (exact) mass is 567 g/mol. The van der Waals surface area contributed by atoms with Gasteiger partial charge in [-0.25, -0.2) is 18.3 Å². The number of nitrogens with zero attached hydrogens (tertiary/aromatic N) is 3. The zero-order chi connectivity index (χ0) is 29.0. The number of likely N-dealkylation sites (tertiary alicyclic amines) is 1. The van der Waals surface area contributed by atoms with Crippen LogP contribution in [0.25, 0.3) is 5.69 Å². The van der Waals surface area contributed by atoms with E-state index in [4.69, 9.17) is 9.47 Å². The van der Waals surface area contributed by atoms with Crippen molar-refractivity contribution in [2.45, 2.75) is 38.0 Å². The minimum Gasteiger partial charge on any atom is -0.477 e. The van der Waals surface area contributed by atoms with E-state index >= 15 is 0 Å². The highest BCUT2D eigenvalue weighted by Crippen LogP contribution is 2.35. The number of carbonyl (C=O) groups excluding carboxylic acids is 1. The smallest absolute Gasteiger partial charge is 0.406 e. The van der Waals surface area contributed by atoms with Gasteiger partial charge in [0.2, 0.25) is 5.88 Å². The van der Waals surface area contributed by atoms with E-state index in [1.165, 1.54) is 17.9 Å². The van der Waals surface area contributed by atoms with E-state index in [0.717, 1.165) is 17.0 Å². The van der Waals surface area contributed by atoms with E-state index in [-0.39, 0.29) is 18.7 Å². The molecular formula is C27H30F5N5O3. The molecule has 3 aromatic rings. The van der Waals surface area contributed by atoms with Crippen LogP contribution in [-0.2, 0) is 4.74 Å². The molecule has 1 aliphatic rings. The summed E-state index contributed by atoms with van der Waals surface area (Å²) in [5, 5.41) is 9.93. The number of para-hydroxylation sites is 1. The first kappa shape index (κ1) is 29.3. The highest BCUT2D eigenvalue weighted by molar-refractivity contribution is 5.90. The predicted molar refractivity (Wildman–Crippen MR) is 138 cm³/mol. The lowest BCUT2D eigenvalue weighted by Gasteiger charge is -2.29. The normalized spacial score (nSPS) is 18.5. The Labute approximate surface area is 228 Å². The average molecular weight is 568 g/mol. The molecule has 0 bridgehead atoms. The summed E-state index contributed by atoms with van der Waals surface area (Å²) in [6.45, 7) is 2.86. The molecular weight excluding hydrogens is 537 g/mol. The predicted octanol–water partition coefficient (Wildman–Crippen LogP) is 5.02. The van der Waals surface area contributed by atoms with Crippen LogP contribution in [-0.4, -0.2) is 72.4 Å². The molecule has 0 saturated carbocycles. The summed E-state index contributed by atoms with van der Waals surface area (Å²) in [7, 11) is 1.17. The molecule has 1 aliphatic heterocycles. The lowest BCUT2D eigenvalue weighted by molar-refractivity contribution is -0.192. The van der Waals surface area contributed by atoms with Gasteiger partial charge in [0, 0.05) is 26.1 Å². The van der Waals surface area contributed by atoms with Crippen LogP contribution in [0.1, 0.15) is 24.0 Å². The third-order valence-electron chi connectivity index (χ3n) is 6.77. The van der Waals surface area contributed by atoms with Gasteiger partial charge in [0.05, 0.1) is 30.5 Å². The van der Waals surface area contributed by atoms with Gasteiger partial charge in [0.15, 0.2) is 11.6 Å². The highest BCUT2D eigenvalue weighted by Gasteiger charge is 2.48. The largest absolute Gasteiger partial charge is 0.477 e. The summed E-state index contributed by atoms with van der Waals surface area (Å²) in [6, 6.07) is 8.63. The molecule has 3 atom stereocenters. The van der Waals surface area contributed by atoms with E-state index in [0.29, 0.717) is 29.6 Å². The summed E-state index contributed by atoms with van der Waals surface area (Å²) in [6.07, 6.45) is -4.61. The van der Waals surface area contributed by atoms with Crippen LogP contribution < -0.4 is 15.4 Å². The fraction of sp³-hybridized carbons (Fsp3) is 0.407. The Morgan fingerprint density at radius 3 is 2.48 bits per heavy atom. The van der Waals surface area contributed by atoms with Gasteiger partial charge in [0.25, 0.3) is 0 Å². The Bertz CT molecular complexity index is 1320. The number of anilines is 1. The summed E-state index contributed by atoms with van der Waals surface area (Å²) in [5.74, 6) is -2.36. The van der Waals surface area contributed by atoms with Crippen LogP contribution in [0.3, 0.4) is 0 Å². The van der Waals surface area contributed by atoms with Crippen molar-refractivity contribution in [2.75, 3.05) is 38.7 Å². The molecule has 0 radical (unpaired) electrons. The van der Waals surface area contributed by atoms with Crippen molar-refractivity contribution in [2.24, 2.45) is 0 Å². The highest BCUT2D eigenvalue weighted by atomic mass is 19.4. The van der Waals surface area contributed by atoms with E-state index < -0.39 is 48.5 Å². The Morgan fingerprint density at radius 2 is 1.85 bits per heavy atom. The summed E-state index contributed by atoms with van der Waals surface area (Å²) in [4.78, 5) is 14.4. The molecule has 1 fully saturated rings. The average Bonchev–Trinajstić information content (AvgIpc) is 3.45. The number of ether oxygens (including phenoxy) is 2. The first-order chi connectivity index (χ1) is 19.0. The van der Waals surface area contributed by atoms with Gasteiger partial charge in [-0.15, -0.1) is 5.10 Å². The van der Waals surface area contributed by atoms with Crippen LogP contribution in [0.2, 0.25) is 0 Å². The number of halogens is 5. The zero-order valence-corrected chi connectivity index (χ0v) is 22.1. The summed E-state index contributed by atoms with van der Waals surface area (Å²) < 4.78 is 81.1. The molecule has 0 aliphatic carbocycles. The van der Waals surface area contributed by atoms with E-state index in [9.17, 15) is 26.7 Å². The van der Waals surface area contributed by atoms with Gasteiger partial charge in [-0.3, -0.25) is 10.2 Å². The van der Waals surface area contributed by atoms with Crippen molar-refractivity contribution in [3.8, 4) is 11.6 Å². The standard InChI is InChI=1S/C27H30F5N5O3/c1-4-40-25-16(2)24(37(35-25)18-8-6-5-7-9-18)34-26(38)33-22-14-36(23(15-39-3)27(30,31)32)13-19(22)17-10-11-20(28)21(29)12-17/h5-12,19,22-23H,4,13-15H2,1-3H3,(H2,33,34,38)/t19-,22?,23-/m0/s1. The molecule has 2 aromatic carbocycles. The summed E-state index contributed by atoms with van der Waals surface area (Å²) >= 11 is 0. The van der Waals surface area contributed by atoms with Gasteiger partial charge >= 0.3 is 12.2 Å². The van der Waals surface area contributed by atoms with Crippen molar-refractivity contribution in [1.82, 2.24) is 20.0 Å². The molecule has 13 heteroatoms. The van der Waals surface area contributed by atoms with Crippen molar-refractivity contribution >= 4 is 11.8 Å². The number of nitrogens with one attached hydrogen (secondary N) is 2. The Morgan fingerprint density at radius 1 is 1.12 bits per heavy atom. The third-order valence-corrected chi connectivity index (χ3v) is 6.77. The number of methoxy groups -OCH3 is 1. The van der Waals surface area contributed by atoms with Gasteiger partial charge in [-0.1, -0.05) is 24.3 Å². The second-order valence-corrected chi connectivity index (χ2v) is 9.41. The maximum Gasteiger partial charge on any atom is 0.406 e. The first-order valence-corrected chi connectivity index (χ1v) is 12.6. The first-order valence-electron chi connectivity index (χ1n) is 12.6. The topological polar surface area (TPSA) is 80.6 Å². The molecule has 2 heterocycles. The minimum atomic E-state index is -4.61. The van der Waals surface area contributed by atoms with Crippen molar-refractivity contribution < 1.29 is 36.2 Å². The molecule has 1 unspecified atom stereocenters. The molecule has 2 amide bonds. The molecule has 0 spiro atoms. The lowest BCUT2D eigenvalue weighted by atomic mass is 9.94. The maximum atomic E-state index is 14.1. The second-order valence-electron chi connectivity index (χ2n) is 9.41. The number of urea groups is 1. The molecule has 2 N–H and O–H groups in total. The molecule has 1 saturated heterocycles. The second kappa shape index (κ2) is 12.2. The van der Waals surface area contributed by atoms with E-state index in [1.807, 2.05) is 6.07 Å². The van der Waals surface area contributed by atoms with Gasteiger partial charge in [-0.2, -0.15) is 13.2 Å². The van der Waals surface area contributed by atoms with Gasteiger partial charge in [-0.05, 0) is 43.7 Å². The molecule has 8 nitrogen and oxygen atoms in total. The number of hydrogen-bond acceptors (Lipinski definition) is 5. The Balaban J connectivity index is 1.62. The number of carbonyl (C=O) groups is 1. The molecule has 216 valence electrons. The van der Waals surface area contributed by atoms with Crippen molar-refractivity contribution in [1.29, 1.82) is 0 Å². The number of amides is 2. The fourth-order valence-electron chi connectivity index (χ4n) is 4.85. The van der Waals surface area contributed by atoms with Crippen LogP contribution in [0.5, 0.6) is 5.88 Å². The SMILES string of the molecule is CCOc1nn(-c2ccccc2)c(NC(=O)NC2CN([C@@H](COC)C(F)(F)F)C[C@H]2c2ccc(F)c(F)c2)c1C. The minimum absolute atomic E-state index is 0.168. The van der Waals surface area contributed by atoms with Crippen LogP contribution in [0, 0.1) is 18.6 Å². The van der Waals surface area contributed by atoms with Gasteiger partial charge < -0.3 is 14.8 Å². The Kier molecular flexibility index (Phi) is 8.94. The van der Waals surface area contributed by atoms with Crippen molar-refractivity contribution in [3.63, 3.8) is 0 Å². The lowest BCUT2D eigenvalue weighted by Crippen LogP contribution is -2.49. The number of benzene rings is 2. The molecule has 40 heavy (non-hydrogen) atoms. The quantitative estimate of drug-likeness (QED) is 0.355. The number of alkyl halides is 3. The molecule has 1 aromatic heterocycles. The maximum absolute atomic E-state index is 14.1. The van der Waals surface area contributed by atoms with Crippen LogP contribution >= 0.6 is 0 Å². The number of hydrogen-bond donors (Lipinski definition) is 2. The van der Waals surface area contributed by atoms with E-state index in [2.05, 4.69) is 15.7 Å². The van der Waals surface area contributed by atoms with E-state index in [1.54, 1.807) is 38.1 Å². The Hall–Kier alpha value is -3.71. The zero-order valence-electron chi connectivity index (χ0n) is 22.1. The van der Waals surface area contributed by atoms with Crippen LogP contribution in [0.4, 0.5) is 32.6 Å². The number of aromatic nitrogens is 2. The van der Waals surface area contributed by atoms with Gasteiger partial charge in [0.1, 0.15) is 11.9 Å². The van der Waals surface area contributed by atoms with Crippen LogP contribution in [0.15, 0.2) is 48.5 Å². The van der Waals surface area contributed by atoms with Crippen molar-refractivity contribution in [3.05, 3.63) is 71.3 Å².